The Balaban J connectivity index is 1.77. The Kier molecular flexibility index (Phi) is 7.56. The van der Waals surface area contributed by atoms with Crippen molar-refractivity contribution in [3.8, 4) is 5.75 Å². The molecule has 0 unspecified atom stereocenters. The Bertz CT molecular complexity index is 823. The van der Waals surface area contributed by atoms with Gasteiger partial charge in [-0.25, -0.2) is 9.59 Å². The second-order valence-corrected chi connectivity index (χ2v) is 6.31. The van der Waals surface area contributed by atoms with Crippen LogP contribution in [-0.4, -0.2) is 30.1 Å². The molecule has 7 nitrogen and oxygen atoms in total. The molecule has 2 rings (SSSR count). The molecule has 0 aromatic heterocycles. The van der Waals surface area contributed by atoms with Gasteiger partial charge in [0, 0.05) is 6.54 Å². The van der Waals surface area contributed by atoms with E-state index in [0.29, 0.717) is 5.75 Å². The highest BCUT2D eigenvalue weighted by molar-refractivity contribution is 5.97. The number of hydrogen-bond donors (Lipinski definition) is 2. The number of nitrogens with one attached hydrogen (secondary N) is 2. The van der Waals surface area contributed by atoms with Crippen LogP contribution in [0.5, 0.6) is 5.75 Å². The average Bonchev–Trinajstić information content (AvgIpc) is 2.67. The molecule has 0 radical (unpaired) electrons. The molecule has 2 atom stereocenters. The summed E-state index contributed by atoms with van der Waals surface area (Å²) in [6, 6.07) is 15.8. The average molecular weight is 384 g/mol. The van der Waals surface area contributed by atoms with Gasteiger partial charge in [-0.3, -0.25) is 10.1 Å². The molecule has 2 N–H and O–H groups in total. The predicted molar refractivity (Wildman–Crippen MR) is 104 cm³/mol. The molecule has 0 spiro atoms. The number of hydrogen-bond acceptors (Lipinski definition) is 5. The van der Waals surface area contributed by atoms with Crippen LogP contribution in [0, 0.1) is 6.92 Å². The first-order valence-electron chi connectivity index (χ1n) is 8.91. The Hall–Kier alpha value is -3.35. The molecule has 0 aliphatic heterocycles. The number of amides is 3. The van der Waals surface area contributed by atoms with Gasteiger partial charge < -0.3 is 14.8 Å². The topological polar surface area (TPSA) is 93.7 Å². The fraction of sp³-hybridized carbons (Fsp3) is 0.286. The van der Waals surface area contributed by atoms with Crippen LogP contribution in [0.25, 0.3) is 0 Å². The standard InChI is InChI=1S/C21H24N2O5/c1-14-8-7-11-18(12-14)27-16(3)20(25)28-15(2)19(24)23-21(26)22-13-17-9-5-4-6-10-17/h4-12,15-16H,13H2,1-3H3,(H2,22,23,24,26)/t15-,16-/m0/s1. The number of carbonyl (C=O) groups excluding carboxylic acids is 3. The Labute approximate surface area is 164 Å². The Morgan fingerprint density at radius 1 is 0.964 bits per heavy atom. The molecular formula is C21H24N2O5. The minimum atomic E-state index is -1.14. The number of aryl methyl sites for hydroxylation is 1. The molecular weight excluding hydrogens is 360 g/mol. The van der Waals surface area contributed by atoms with Gasteiger partial charge in [-0.05, 0) is 44.0 Å². The highest BCUT2D eigenvalue weighted by atomic mass is 16.6. The zero-order chi connectivity index (χ0) is 20.5. The number of ether oxygens (including phenoxy) is 2. The lowest BCUT2D eigenvalue weighted by molar-refractivity contribution is -0.160. The van der Waals surface area contributed by atoms with Crippen LogP contribution in [0.15, 0.2) is 54.6 Å². The van der Waals surface area contributed by atoms with Crippen molar-refractivity contribution in [3.63, 3.8) is 0 Å². The summed E-state index contributed by atoms with van der Waals surface area (Å²) in [7, 11) is 0. The van der Waals surface area contributed by atoms with Crippen LogP contribution < -0.4 is 15.4 Å². The van der Waals surface area contributed by atoms with E-state index < -0.39 is 30.1 Å². The molecule has 148 valence electrons. The Morgan fingerprint density at radius 3 is 2.36 bits per heavy atom. The zero-order valence-corrected chi connectivity index (χ0v) is 16.1. The normalized spacial score (nSPS) is 12.4. The summed E-state index contributed by atoms with van der Waals surface area (Å²) in [5.74, 6) is -0.891. The van der Waals surface area contributed by atoms with Crippen molar-refractivity contribution in [2.24, 2.45) is 0 Å². The van der Waals surface area contributed by atoms with E-state index >= 15 is 0 Å². The summed E-state index contributed by atoms with van der Waals surface area (Å²) in [6.07, 6.45) is -2.04. The summed E-state index contributed by atoms with van der Waals surface area (Å²) >= 11 is 0. The van der Waals surface area contributed by atoms with E-state index in [0.717, 1.165) is 11.1 Å². The lowest BCUT2D eigenvalue weighted by atomic mass is 10.2. The van der Waals surface area contributed by atoms with E-state index in [9.17, 15) is 14.4 Å². The summed E-state index contributed by atoms with van der Waals surface area (Å²) in [5, 5.41) is 4.71. The van der Waals surface area contributed by atoms with Crippen molar-refractivity contribution in [1.82, 2.24) is 10.6 Å². The van der Waals surface area contributed by atoms with Crippen LogP contribution in [-0.2, 0) is 20.9 Å². The van der Waals surface area contributed by atoms with Gasteiger partial charge in [0.25, 0.3) is 5.91 Å². The SMILES string of the molecule is Cc1cccc(O[C@@H](C)C(=O)O[C@@H](C)C(=O)NC(=O)NCc2ccccc2)c1. The first-order valence-corrected chi connectivity index (χ1v) is 8.91. The summed E-state index contributed by atoms with van der Waals surface area (Å²) in [6.45, 7) is 5.10. The Morgan fingerprint density at radius 2 is 1.68 bits per heavy atom. The molecule has 28 heavy (non-hydrogen) atoms. The third kappa shape index (κ3) is 6.75. The fourth-order valence-corrected chi connectivity index (χ4v) is 2.30. The maximum Gasteiger partial charge on any atom is 0.347 e. The van der Waals surface area contributed by atoms with Gasteiger partial charge in [0.15, 0.2) is 12.2 Å². The number of imide groups is 1. The maximum absolute atomic E-state index is 12.1. The van der Waals surface area contributed by atoms with Crippen LogP contribution in [0.2, 0.25) is 0 Å². The van der Waals surface area contributed by atoms with Crippen molar-refractivity contribution in [3.05, 3.63) is 65.7 Å². The second-order valence-electron chi connectivity index (χ2n) is 6.31. The lowest BCUT2D eigenvalue weighted by Crippen LogP contribution is -2.45. The van der Waals surface area contributed by atoms with Crippen molar-refractivity contribution in [2.75, 3.05) is 0 Å². The van der Waals surface area contributed by atoms with Crippen LogP contribution in [0.1, 0.15) is 25.0 Å². The van der Waals surface area contributed by atoms with E-state index in [1.54, 1.807) is 12.1 Å². The second kappa shape index (κ2) is 10.1. The number of urea groups is 1. The van der Waals surface area contributed by atoms with Crippen LogP contribution in [0.3, 0.4) is 0 Å². The van der Waals surface area contributed by atoms with Gasteiger partial charge in [-0.2, -0.15) is 0 Å². The van der Waals surface area contributed by atoms with E-state index in [2.05, 4.69) is 10.6 Å². The van der Waals surface area contributed by atoms with Gasteiger partial charge in [-0.15, -0.1) is 0 Å². The van der Waals surface area contributed by atoms with Crippen molar-refractivity contribution in [1.29, 1.82) is 0 Å². The first kappa shape index (κ1) is 21.0. The van der Waals surface area contributed by atoms with E-state index in [1.807, 2.05) is 49.4 Å². The van der Waals surface area contributed by atoms with E-state index in [1.165, 1.54) is 13.8 Å². The monoisotopic (exact) mass is 384 g/mol. The van der Waals surface area contributed by atoms with Gasteiger partial charge in [0.05, 0.1) is 0 Å². The predicted octanol–water partition coefficient (Wildman–Crippen LogP) is 2.72. The largest absolute Gasteiger partial charge is 0.479 e. The third-order valence-electron chi connectivity index (χ3n) is 3.83. The molecule has 7 heteroatoms. The molecule has 0 heterocycles. The summed E-state index contributed by atoms with van der Waals surface area (Å²) in [4.78, 5) is 36.0. The van der Waals surface area contributed by atoms with Gasteiger partial charge in [0.2, 0.25) is 0 Å². The third-order valence-corrected chi connectivity index (χ3v) is 3.83. The minimum absolute atomic E-state index is 0.273. The summed E-state index contributed by atoms with van der Waals surface area (Å²) in [5.41, 5.74) is 1.89. The first-order chi connectivity index (χ1) is 13.3. The molecule has 0 aliphatic carbocycles. The number of benzene rings is 2. The number of rotatable bonds is 7. The van der Waals surface area contributed by atoms with Gasteiger partial charge >= 0.3 is 12.0 Å². The van der Waals surface area contributed by atoms with Gasteiger partial charge in [0.1, 0.15) is 5.75 Å². The molecule has 0 fully saturated rings. The van der Waals surface area contributed by atoms with Crippen LogP contribution >= 0.6 is 0 Å². The van der Waals surface area contributed by atoms with Crippen molar-refractivity contribution < 1.29 is 23.9 Å². The summed E-state index contributed by atoms with van der Waals surface area (Å²) < 4.78 is 10.6. The molecule has 2 aromatic rings. The minimum Gasteiger partial charge on any atom is -0.479 e. The fourth-order valence-electron chi connectivity index (χ4n) is 2.30. The van der Waals surface area contributed by atoms with Crippen LogP contribution in [0.4, 0.5) is 4.79 Å². The molecule has 0 aliphatic rings. The van der Waals surface area contributed by atoms with Gasteiger partial charge in [-0.1, -0.05) is 42.5 Å². The van der Waals surface area contributed by atoms with E-state index in [4.69, 9.17) is 9.47 Å². The molecule has 0 saturated heterocycles. The quantitative estimate of drug-likeness (QED) is 0.716. The molecule has 0 saturated carbocycles. The molecule has 2 aromatic carbocycles. The maximum atomic E-state index is 12.1. The zero-order valence-electron chi connectivity index (χ0n) is 16.1. The smallest absolute Gasteiger partial charge is 0.347 e. The van der Waals surface area contributed by atoms with Crippen molar-refractivity contribution >= 4 is 17.9 Å². The van der Waals surface area contributed by atoms with Crippen molar-refractivity contribution in [2.45, 2.75) is 39.5 Å². The number of esters is 1. The molecule has 3 amide bonds. The highest BCUT2D eigenvalue weighted by Gasteiger charge is 2.24. The molecule has 0 bridgehead atoms. The highest BCUT2D eigenvalue weighted by Crippen LogP contribution is 2.15. The number of carbonyl (C=O) groups is 3. The lowest BCUT2D eigenvalue weighted by Gasteiger charge is -2.17. The van der Waals surface area contributed by atoms with E-state index in [-0.39, 0.29) is 6.54 Å².